The molecule has 1 aromatic carbocycles. The van der Waals surface area contributed by atoms with Crippen molar-refractivity contribution >= 4 is 35.0 Å². The molecule has 96 valence electrons. The molecule has 0 atom stereocenters. The smallest absolute Gasteiger partial charge is 0.258 e. The van der Waals surface area contributed by atoms with Crippen molar-refractivity contribution < 1.29 is 4.52 Å². The van der Waals surface area contributed by atoms with Gasteiger partial charge in [0, 0.05) is 9.13 Å². The molecule has 0 bridgehead atoms. The summed E-state index contributed by atoms with van der Waals surface area (Å²) in [6.45, 7) is 0. The highest BCUT2D eigenvalue weighted by Gasteiger charge is 2.39. The maximum atomic E-state index is 6.16. The van der Waals surface area contributed by atoms with Crippen LogP contribution in [-0.2, 0) is 5.54 Å². The van der Waals surface area contributed by atoms with E-state index in [-0.39, 0.29) is 17.9 Å². The largest absolute Gasteiger partial charge is 0.334 e. The maximum Gasteiger partial charge on any atom is 0.258 e. The van der Waals surface area contributed by atoms with E-state index in [1.165, 1.54) is 0 Å². The Bertz CT molecular complexity index is 554. The maximum absolute atomic E-state index is 6.16. The number of nitrogens with zero attached hydrogens (tertiary/aromatic N) is 2. The average Bonchev–Trinajstić information content (AvgIpc) is 2.75. The van der Waals surface area contributed by atoms with Crippen LogP contribution >= 0.6 is 35.0 Å². The summed E-state index contributed by atoms with van der Waals surface area (Å²) in [7, 11) is 0. The third-order valence-electron chi connectivity index (χ3n) is 3.19. The van der Waals surface area contributed by atoms with Gasteiger partial charge in [-0.15, -0.1) is 12.4 Å². The fourth-order valence-electron chi connectivity index (χ4n) is 1.95. The van der Waals surface area contributed by atoms with E-state index >= 15 is 0 Å². The summed E-state index contributed by atoms with van der Waals surface area (Å²) in [6, 6.07) is 7.98. The van der Waals surface area contributed by atoms with Gasteiger partial charge in [-0.1, -0.05) is 11.2 Å². The van der Waals surface area contributed by atoms with Crippen molar-refractivity contribution in [2.75, 3.05) is 0 Å². The van der Waals surface area contributed by atoms with Crippen molar-refractivity contribution in [1.29, 1.82) is 0 Å². The zero-order chi connectivity index (χ0) is 11.9. The van der Waals surface area contributed by atoms with Gasteiger partial charge < -0.3 is 10.3 Å². The van der Waals surface area contributed by atoms with E-state index in [0.717, 1.165) is 28.4 Å². The minimum absolute atomic E-state index is 0. The molecule has 0 saturated heterocycles. The second-order valence-corrected chi connectivity index (χ2v) is 5.69. The number of nitrogens with two attached hydrogens (primary N) is 1. The van der Waals surface area contributed by atoms with E-state index in [9.17, 15) is 0 Å². The van der Waals surface area contributed by atoms with Gasteiger partial charge in [-0.2, -0.15) is 4.98 Å². The predicted molar refractivity (Wildman–Crippen MR) is 79.4 cm³/mol. The van der Waals surface area contributed by atoms with Gasteiger partial charge in [0.15, 0.2) is 5.82 Å². The van der Waals surface area contributed by atoms with Gasteiger partial charge in [0.25, 0.3) is 5.89 Å². The summed E-state index contributed by atoms with van der Waals surface area (Å²) >= 11 is 2.26. The lowest BCUT2D eigenvalue weighted by atomic mass is 9.77. The molecule has 2 aromatic rings. The Kier molecular flexibility index (Phi) is 3.93. The van der Waals surface area contributed by atoms with Crippen molar-refractivity contribution in [2.24, 2.45) is 5.73 Å². The highest BCUT2D eigenvalue weighted by atomic mass is 127. The molecule has 1 aromatic heterocycles. The number of halogens is 2. The monoisotopic (exact) mass is 377 g/mol. The number of aromatic nitrogens is 2. The third kappa shape index (κ3) is 2.39. The molecule has 1 fully saturated rings. The first kappa shape index (κ1) is 13.8. The molecule has 2 N–H and O–H groups in total. The number of hydrogen-bond acceptors (Lipinski definition) is 4. The van der Waals surface area contributed by atoms with E-state index in [0.29, 0.717) is 11.7 Å². The Morgan fingerprint density at radius 1 is 1.33 bits per heavy atom. The Balaban J connectivity index is 0.00000120. The van der Waals surface area contributed by atoms with Crippen molar-refractivity contribution in [3.63, 3.8) is 0 Å². The minimum Gasteiger partial charge on any atom is -0.334 e. The fourth-order valence-corrected chi connectivity index (χ4v) is 2.49. The summed E-state index contributed by atoms with van der Waals surface area (Å²) in [6.07, 6.45) is 3.03. The van der Waals surface area contributed by atoms with Crippen molar-refractivity contribution in [3.05, 3.63) is 33.7 Å². The van der Waals surface area contributed by atoms with E-state index in [2.05, 4.69) is 32.7 Å². The lowest BCUT2D eigenvalue weighted by Gasteiger charge is -2.34. The van der Waals surface area contributed by atoms with Crippen molar-refractivity contribution in [3.8, 4) is 11.5 Å². The highest BCUT2D eigenvalue weighted by Crippen LogP contribution is 2.37. The van der Waals surface area contributed by atoms with Crippen LogP contribution in [0.5, 0.6) is 0 Å². The first-order chi connectivity index (χ1) is 8.17. The van der Waals surface area contributed by atoms with Crippen molar-refractivity contribution in [1.82, 2.24) is 10.1 Å². The van der Waals surface area contributed by atoms with Crippen LogP contribution in [0.4, 0.5) is 0 Å². The van der Waals surface area contributed by atoms with E-state index in [4.69, 9.17) is 10.3 Å². The SMILES string of the molecule is Cl.NC1(c2noc(-c3cccc(I)c3)n2)CCC1. The molecule has 0 unspecified atom stereocenters. The van der Waals surface area contributed by atoms with Crippen LogP contribution in [0.3, 0.4) is 0 Å². The molecule has 1 aliphatic rings. The molecule has 0 aliphatic heterocycles. The molecular weight excluding hydrogens is 365 g/mol. The number of hydrogen-bond donors (Lipinski definition) is 1. The Hall–Kier alpha value is -0.660. The summed E-state index contributed by atoms with van der Waals surface area (Å²) in [5, 5.41) is 4.00. The Labute approximate surface area is 125 Å². The van der Waals surface area contributed by atoms with Crippen LogP contribution in [0, 0.1) is 3.57 Å². The minimum atomic E-state index is -0.357. The van der Waals surface area contributed by atoms with Crippen LogP contribution in [0.15, 0.2) is 28.8 Å². The third-order valence-corrected chi connectivity index (χ3v) is 3.86. The summed E-state index contributed by atoms with van der Waals surface area (Å²) in [5.41, 5.74) is 6.74. The van der Waals surface area contributed by atoms with Gasteiger partial charge in [-0.25, -0.2) is 0 Å². The Morgan fingerprint density at radius 3 is 2.72 bits per heavy atom. The zero-order valence-corrected chi connectivity index (χ0v) is 12.6. The van der Waals surface area contributed by atoms with E-state index in [1.54, 1.807) is 0 Å². The van der Waals surface area contributed by atoms with Crippen LogP contribution in [0.2, 0.25) is 0 Å². The quantitative estimate of drug-likeness (QED) is 0.817. The van der Waals surface area contributed by atoms with Gasteiger partial charge in [0.05, 0.1) is 5.54 Å². The second kappa shape index (κ2) is 5.14. The van der Waals surface area contributed by atoms with E-state index in [1.807, 2.05) is 24.3 Å². The molecule has 1 saturated carbocycles. The first-order valence-corrected chi connectivity index (χ1v) is 6.64. The average molecular weight is 378 g/mol. The molecule has 0 radical (unpaired) electrons. The molecule has 4 nitrogen and oxygen atoms in total. The van der Waals surface area contributed by atoms with Crippen LogP contribution in [0.1, 0.15) is 25.1 Å². The van der Waals surface area contributed by atoms with E-state index < -0.39 is 0 Å². The van der Waals surface area contributed by atoms with Gasteiger partial charge in [0.2, 0.25) is 0 Å². The molecule has 3 rings (SSSR count). The van der Waals surface area contributed by atoms with Crippen LogP contribution in [0.25, 0.3) is 11.5 Å². The van der Waals surface area contributed by atoms with Crippen molar-refractivity contribution in [2.45, 2.75) is 24.8 Å². The normalized spacial score (nSPS) is 16.8. The zero-order valence-electron chi connectivity index (χ0n) is 9.60. The molecule has 1 aliphatic carbocycles. The van der Waals surface area contributed by atoms with Gasteiger partial charge in [0.1, 0.15) is 0 Å². The molecule has 1 heterocycles. The molecular formula is C12H13ClIN3O. The fraction of sp³-hybridized carbons (Fsp3) is 0.333. The number of rotatable bonds is 2. The standard InChI is InChI=1S/C12H12IN3O.ClH/c13-9-4-1-3-8(7-9)10-15-11(16-17-10)12(14)5-2-6-12;/h1,3-4,7H,2,5-6,14H2;1H. The summed E-state index contributed by atoms with van der Waals surface area (Å²) in [4.78, 5) is 4.41. The number of benzene rings is 1. The summed E-state index contributed by atoms with van der Waals surface area (Å²) < 4.78 is 6.43. The van der Waals surface area contributed by atoms with Gasteiger partial charge in [-0.05, 0) is 60.1 Å². The van der Waals surface area contributed by atoms with Gasteiger partial charge >= 0.3 is 0 Å². The summed E-state index contributed by atoms with van der Waals surface area (Å²) in [5.74, 6) is 1.19. The topological polar surface area (TPSA) is 64.9 Å². The lowest BCUT2D eigenvalue weighted by Crippen LogP contribution is -2.44. The second-order valence-electron chi connectivity index (χ2n) is 4.44. The van der Waals surface area contributed by atoms with Crippen LogP contribution in [-0.4, -0.2) is 10.1 Å². The molecule has 18 heavy (non-hydrogen) atoms. The predicted octanol–water partition coefficient (Wildman–Crippen LogP) is 3.10. The Morgan fingerprint density at radius 2 is 2.11 bits per heavy atom. The molecule has 6 heteroatoms. The molecule has 0 spiro atoms. The lowest BCUT2D eigenvalue weighted by molar-refractivity contribution is 0.229. The highest BCUT2D eigenvalue weighted by molar-refractivity contribution is 14.1. The molecule has 0 amide bonds. The van der Waals surface area contributed by atoms with Crippen LogP contribution < -0.4 is 5.73 Å². The first-order valence-electron chi connectivity index (χ1n) is 5.56. The van der Waals surface area contributed by atoms with Gasteiger partial charge in [-0.3, -0.25) is 0 Å².